The van der Waals surface area contributed by atoms with Crippen molar-refractivity contribution in [2.45, 2.75) is 39.2 Å². The van der Waals surface area contributed by atoms with Gasteiger partial charge in [-0.25, -0.2) is 8.42 Å². The minimum atomic E-state index is -2.93. The maximum atomic E-state index is 12.1. The predicted molar refractivity (Wildman–Crippen MR) is 72.2 cm³/mol. The summed E-state index contributed by atoms with van der Waals surface area (Å²) in [4.78, 5) is 13.8. The average Bonchev–Trinajstić information content (AvgIpc) is 2.67. The zero-order valence-electron chi connectivity index (χ0n) is 11.3. The van der Waals surface area contributed by atoms with E-state index in [9.17, 15) is 13.2 Å². The second-order valence-corrected chi connectivity index (χ2v) is 7.01. The van der Waals surface area contributed by atoms with Crippen LogP contribution in [0, 0.1) is 0 Å². The van der Waals surface area contributed by atoms with Gasteiger partial charge < -0.3 is 10.2 Å². The van der Waals surface area contributed by atoms with Crippen molar-refractivity contribution in [1.29, 1.82) is 0 Å². The monoisotopic (exact) mass is 276 g/mol. The van der Waals surface area contributed by atoms with Gasteiger partial charge in [0.25, 0.3) is 0 Å². The molecule has 0 spiro atoms. The SMILES string of the molecule is CCCCN(C(=O)CNCC)C1CCS(=O)(=O)C1. The molecule has 5 nitrogen and oxygen atoms in total. The smallest absolute Gasteiger partial charge is 0.236 e. The van der Waals surface area contributed by atoms with Gasteiger partial charge in [0.15, 0.2) is 9.84 Å². The first-order valence-corrected chi connectivity index (χ1v) is 8.53. The second kappa shape index (κ2) is 7.09. The molecule has 1 rings (SSSR count). The molecule has 0 aromatic carbocycles. The van der Waals surface area contributed by atoms with Crippen molar-refractivity contribution in [1.82, 2.24) is 10.2 Å². The zero-order valence-corrected chi connectivity index (χ0v) is 12.1. The Hall–Kier alpha value is -0.620. The Bertz CT molecular complexity index is 368. The Kier molecular flexibility index (Phi) is 6.08. The number of carbonyl (C=O) groups is 1. The number of rotatable bonds is 7. The van der Waals surface area contributed by atoms with E-state index in [1.54, 1.807) is 4.90 Å². The van der Waals surface area contributed by atoms with Crippen molar-refractivity contribution >= 4 is 15.7 Å². The fourth-order valence-corrected chi connectivity index (χ4v) is 3.92. The standard InChI is InChI=1S/C12H24N2O3S/c1-3-5-7-14(12(15)9-13-4-2)11-6-8-18(16,17)10-11/h11,13H,3-10H2,1-2H3. The molecule has 0 aromatic rings. The topological polar surface area (TPSA) is 66.5 Å². The molecule has 1 saturated heterocycles. The number of unbranched alkanes of at least 4 members (excludes halogenated alkanes) is 1. The number of hydrogen-bond donors (Lipinski definition) is 1. The summed E-state index contributed by atoms with van der Waals surface area (Å²) in [6, 6.07) is -0.118. The van der Waals surface area contributed by atoms with Gasteiger partial charge in [0.1, 0.15) is 0 Å². The van der Waals surface area contributed by atoms with E-state index < -0.39 is 9.84 Å². The number of carbonyl (C=O) groups excluding carboxylic acids is 1. The molecule has 106 valence electrons. The number of sulfone groups is 1. The summed E-state index contributed by atoms with van der Waals surface area (Å²) in [7, 11) is -2.93. The van der Waals surface area contributed by atoms with Crippen molar-refractivity contribution in [2.24, 2.45) is 0 Å². The lowest BCUT2D eigenvalue weighted by atomic mass is 10.2. The minimum absolute atomic E-state index is 0.0207. The largest absolute Gasteiger partial charge is 0.338 e. The molecule has 1 unspecified atom stereocenters. The lowest BCUT2D eigenvalue weighted by Crippen LogP contribution is -2.45. The third kappa shape index (κ3) is 4.57. The van der Waals surface area contributed by atoms with E-state index in [1.165, 1.54) is 0 Å². The van der Waals surface area contributed by atoms with E-state index in [-0.39, 0.29) is 23.5 Å². The second-order valence-electron chi connectivity index (χ2n) is 4.78. The molecular weight excluding hydrogens is 252 g/mol. The van der Waals surface area contributed by atoms with Crippen LogP contribution in [0.4, 0.5) is 0 Å². The van der Waals surface area contributed by atoms with Gasteiger partial charge in [-0.3, -0.25) is 4.79 Å². The first kappa shape index (κ1) is 15.4. The first-order valence-electron chi connectivity index (χ1n) is 6.70. The van der Waals surface area contributed by atoms with Crippen LogP contribution < -0.4 is 5.32 Å². The molecular formula is C12H24N2O3S. The van der Waals surface area contributed by atoms with Crippen LogP contribution >= 0.6 is 0 Å². The van der Waals surface area contributed by atoms with Gasteiger partial charge in [-0.1, -0.05) is 20.3 Å². The highest BCUT2D eigenvalue weighted by Gasteiger charge is 2.33. The minimum Gasteiger partial charge on any atom is -0.338 e. The van der Waals surface area contributed by atoms with Crippen LogP contribution in [0.5, 0.6) is 0 Å². The van der Waals surface area contributed by atoms with Gasteiger partial charge >= 0.3 is 0 Å². The maximum Gasteiger partial charge on any atom is 0.236 e. The number of nitrogens with zero attached hydrogens (tertiary/aromatic N) is 1. The van der Waals surface area contributed by atoms with Crippen molar-refractivity contribution < 1.29 is 13.2 Å². The van der Waals surface area contributed by atoms with Gasteiger partial charge in [-0.05, 0) is 19.4 Å². The summed E-state index contributed by atoms with van der Waals surface area (Å²) in [6.07, 6.45) is 2.52. The molecule has 0 aliphatic carbocycles. The van der Waals surface area contributed by atoms with Crippen LogP contribution in [0.3, 0.4) is 0 Å². The van der Waals surface area contributed by atoms with Gasteiger partial charge in [0.05, 0.1) is 18.1 Å². The normalized spacial score (nSPS) is 22.0. The van der Waals surface area contributed by atoms with Gasteiger partial charge in [-0.2, -0.15) is 0 Å². The van der Waals surface area contributed by atoms with Crippen LogP contribution in [0.25, 0.3) is 0 Å². The average molecular weight is 276 g/mol. The number of hydrogen-bond acceptors (Lipinski definition) is 4. The summed E-state index contributed by atoms with van der Waals surface area (Å²) in [6.45, 7) is 5.73. The van der Waals surface area contributed by atoms with Crippen molar-refractivity contribution in [3.8, 4) is 0 Å². The zero-order chi connectivity index (χ0) is 13.6. The number of amides is 1. The summed E-state index contributed by atoms with van der Waals surface area (Å²) in [5.74, 6) is 0.371. The Morgan fingerprint density at radius 2 is 2.11 bits per heavy atom. The third-order valence-electron chi connectivity index (χ3n) is 3.25. The number of nitrogens with one attached hydrogen (secondary N) is 1. The van der Waals surface area contributed by atoms with E-state index in [0.717, 1.165) is 19.4 Å². The van der Waals surface area contributed by atoms with Gasteiger partial charge in [-0.15, -0.1) is 0 Å². The Morgan fingerprint density at radius 1 is 1.39 bits per heavy atom. The van der Waals surface area contributed by atoms with E-state index in [4.69, 9.17) is 0 Å². The first-order chi connectivity index (χ1) is 8.50. The third-order valence-corrected chi connectivity index (χ3v) is 5.00. The van der Waals surface area contributed by atoms with E-state index in [0.29, 0.717) is 19.5 Å². The molecule has 1 N–H and O–H groups in total. The van der Waals surface area contributed by atoms with E-state index in [2.05, 4.69) is 12.2 Å². The van der Waals surface area contributed by atoms with E-state index in [1.807, 2.05) is 6.92 Å². The molecule has 6 heteroatoms. The highest BCUT2D eigenvalue weighted by Crippen LogP contribution is 2.18. The van der Waals surface area contributed by atoms with Gasteiger partial charge in [0.2, 0.25) is 5.91 Å². The Balaban J connectivity index is 2.63. The Morgan fingerprint density at radius 3 is 2.61 bits per heavy atom. The molecule has 0 bridgehead atoms. The predicted octanol–water partition coefficient (Wildman–Crippen LogP) is 0.412. The lowest BCUT2D eigenvalue weighted by molar-refractivity contribution is -0.132. The molecule has 18 heavy (non-hydrogen) atoms. The van der Waals surface area contributed by atoms with Crippen LogP contribution in [-0.4, -0.2) is 56.4 Å². The fraction of sp³-hybridized carbons (Fsp3) is 0.917. The lowest BCUT2D eigenvalue weighted by Gasteiger charge is -2.28. The highest BCUT2D eigenvalue weighted by atomic mass is 32.2. The quantitative estimate of drug-likeness (QED) is 0.731. The highest BCUT2D eigenvalue weighted by molar-refractivity contribution is 7.91. The van der Waals surface area contributed by atoms with Crippen LogP contribution in [0.2, 0.25) is 0 Å². The molecule has 1 atom stereocenters. The Labute approximate surface area is 110 Å². The molecule has 1 aliphatic rings. The van der Waals surface area contributed by atoms with Crippen molar-refractivity contribution in [2.75, 3.05) is 31.1 Å². The van der Waals surface area contributed by atoms with Gasteiger partial charge in [0, 0.05) is 12.6 Å². The summed E-state index contributed by atoms with van der Waals surface area (Å²) in [5.41, 5.74) is 0. The molecule has 1 heterocycles. The van der Waals surface area contributed by atoms with Crippen LogP contribution in [0.15, 0.2) is 0 Å². The van der Waals surface area contributed by atoms with Crippen molar-refractivity contribution in [3.05, 3.63) is 0 Å². The molecule has 0 aromatic heterocycles. The van der Waals surface area contributed by atoms with Crippen molar-refractivity contribution in [3.63, 3.8) is 0 Å². The van der Waals surface area contributed by atoms with Crippen LogP contribution in [0.1, 0.15) is 33.1 Å². The van der Waals surface area contributed by atoms with E-state index >= 15 is 0 Å². The number of likely N-dealkylation sites (N-methyl/N-ethyl adjacent to an activating group) is 1. The summed E-state index contributed by atoms with van der Waals surface area (Å²) >= 11 is 0. The molecule has 1 amide bonds. The summed E-state index contributed by atoms with van der Waals surface area (Å²) < 4.78 is 23.0. The fourth-order valence-electron chi connectivity index (χ4n) is 2.19. The molecule has 1 aliphatic heterocycles. The summed E-state index contributed by atoms with van der Waals surface area (Å²) in [5, 5.41) is 3.01. The molecule has 1 fully saturated rings. The maximum absolute atomic E-state index is 12.1. The molecule has 0 radical (unpaired) electrons. The van der Waals surface area contributed by atoms with Crippen LogP contribution in [-0.2, 0) is 14.6 Å². The molecule has 0 saturated carbocycles.